The molecule has 0 aromatic carbocycles. The standard InChI is InChI=1S/C21H40N6O.HI/c1-5-19(6-2)20(26-11-13-28-14-12-26)16-24-21(22-7-3)23-15-18(4)17-27-10-8-9-25-27;/h8-10,18-20H,5-7,11-17H2,1-4H3,(H2,22,23,24);1H. The fourth-order valence-electron chi connectivity index (χ4n) is 3.91. The molecule has 0 saturated carbocycles. The number of halogens is 1. The van der Waals surface area contributed by atoms with Gasteiger partial charge in [0.1, 0.15) is 0 Å². The van der Waals surface area contributed by atoms with Crippen molar-refractivity contribution >= 4 is 29.9 Å². The highest BCUT2D eigenvalue weighted by Gasteiger charge is 2.27. The average molecular weight is 521 g/mol. The Labute approximate surface area is 194 Å². The molecule has 0 aliphatic carbocycles. The summed E-state index contributed by atoms with van der Waals surface area (Å²) < 4.78 is 7.54. The third-order valence-corrected chi connectivity index (χ3v) is 5.55. The third kappa shape index (κ3) is 9.21. The zero-order chi connectivity index (χ0) is 20.2. The van der Waals surface area contributed by atoms with Gasteiger partial charge in [-0.2, -0.15) is 5.10 Å². The van der Waals surface area contributed by atoms with Gasteiger partial charge in [0.25, 0.3) is 0 Å². The number of hydrogen-bond acceptors (Lipinski definition) is 4. The molecule has 29 heavy (non-hydrogen) atoms. The highest BCUT2D eigenvalue weighted by atomic mass is 127. The number of aromatic nitrogens is 2. The van der Waals surface area contributed by atoms with Gasteiger partial charge in [0.2, 0.25) is 0 Å². The molecule has 2 heterocycles. The molecule has 2 unspecified atom stereocenters. The summed E-state index contributed by atoms with van der Waals surface area (Å²) >= 11 is 0. The number of guanidine groups is 1. The molecule has 8 heteroatoms. The Balaban J connectivity index is 0.00000420. The van der Waals surface area contributed by atoms with E-state index < -0.39 is 0 Å². The molecule has 2 N–H and O–H groups in total. The van der Waals surface area contributed by atoms with Crippen LogP contribution in [0.2, 0.25) is 0 Å². The van der Waals surface area contributed by atoms with Crippen LogP contribution >= 0.6 is 24.0 Å². The highest BCUT2D eigenvalue weighted by Crippen LogP contribution is 2.19. The summed E-state index contributed by atoms with van der Waals surface area (Å²) in [4.78, 5) is 7.43. The molecule has 0 bridgehead atoms. The number of rotatable bonds is 11. The minimum absolute atomic E-state index is 0. The van der Waals surface area contributed by atoms with Crippen LogP contribution in [0.4, 0.5) is 0 Å². The Morgan fingerprint density at radius 2 is 1.90 bits per heavy atom. The fourth-order valence-corrected chi connectivity index (χ4v) is 3.91. The van der Waals surface area contributed by atoms with E-state index in [1.807, 2.05) is 23.1 Å². The normalized spacial score (nSPS) is 17.6. The minimum Gasteiger partial charge on any atom is -0.379 e. The van der Waals surface area contributed by atoms with E-state index in [1.54, 1.807) is 0 Å². The van der Waals surface area contributed by atoms with Gasteiger partial charge in [-0.1, -0.05) is 33.6 Å². The third-order valence-electron chi connectivity index (χ3n) is 5.55. The van der Waals surface area contributed by atoms with Crippen molar-refractivity contribution in [3.63, 3.8) is 0 Å². The Hall–Kier alpha value is -0.870. The van der Waals surface area contributed by atoms with Gasteiger partial charge in [-0.25, -0.2) is 0 Å². The maximum atomic E-state index is 5.56. The summed E-state index contributed by atoms with van der Waals surface area (Å²) in [5, 5.41) is 11.3. The van der Waals surface area contributed by atoms with E-state index in [4.69, 9.17) is 9.73 Å². The first-order chi connectivity index (χ1) is 13.7. The zero-order valence-electron chi connectivity index (χ0n) is 18.6. The number of hydrogen-bond donors (Lipinski definition) is 2. The van der Waals surface area contributed by atoms with Crippen LogP contribution in [-0.2, 0) is 11.3 Å². The smallest absolute Gasteiger partial charge is 0.191 e. The molecule has 0 amide bonds. The minimum atomic E-state index is 0. The van der Waals surface area contributed by atoms with E-state index in [0.717, 1.165) is 58.4 Å². The molecule has 1 aliphatic heterocycles. The molecule has 7 nitrogen and oxygen atoms in total. The highest BCUT2D eigenvalue weighted by molar-refractivity contribution is 14.0. The number of aliphatic imine (C=N–C) groups is 1. The second kappa shape index (κ2) is 15.0. The Morgan fingerprint density at radius 1 is 1.17 bits per heavy atom. The van der Waals surface area contributed by atoms with E-state index in [-0.39, 0.29) is 24.0 Å². The first-order valence-electron chi connectivity index (χ1n) is 11.0. The predicted octanol–water partition coefficient (Wildman–Crippen LogP) is 2.83. The molecular formula is C21H41IN6O. The lowest BCUT2D eigenvalue weighted by atomic mass is 9.92. The summed E-state index contributed by atoms with van der Waals surface area (Å²) in [6.07, 6.45) is 6.24. The zero-order valence-corrected chi connectivity index (χ0v) is 21.0. The lowest BCUT2D eigenvalue weighted by molar-refractivity contribution is 0.00272. The maximum Gasteiger partial charge on any atom is 0.191 e. The van der Waals surface area contributed by atoms with Crippen LogP contribution in [0.5, 0.6) is 0 Å². The van der Waals surface area contributed by atoms with Crippen LogP contribution in [0.15, 0.2) is 23.5 Å². The Morgan fingerprint density at radius 3 is 2.48 bits per heavy atom. The van der Waals surface area contributed by atoms with E-state index in [1.165, 1.54) is 12.8 Å². The lowest BCUT2D eigenvalue weighted by Crippen LogP contribution is -2.53. The molecule has 2 atom stereocenters. The SMILES string of the molecule is CCNC(=NCC(C)Cn1cccn1)NCC(C(CC)CC)N1CCOCC1.I. The van der Waals surface area contributed by atoms with Crippen LogP contribution in [0.3, 0.4) is 0 Å². The van der Waals surface area contributed by atoms with Gasteiger partial charge in [0, 0.05) is 57.7 Å². The number of nitrogens with one attached hydrogen (secondary N) is 2. The van der Waals surface area contributed by atoms with Crippen molar-refractivity contribution in [1.82, 2.24) is 25.3 Å². The van der Waals surface area contributed by atoms with Gasteiger partial charge in [0.05, 0.1) is 13.2 Å². The summed E-state index contributed by atoms with van der Waals surface area (Å²) in [7, 11) is 0. The van der Waals surface area contributed by atoms with Gasteiger partial charge in [-0.3, -0.25) is 14.6 Å². The van der Waals surface area contributed by atoms with Crippen molar-refractivity contribution in [2.24, 2.45) is 16.8 Å². The Kier molecular flexibility index (Phi) is 13.5. The largest absolute Gasteiger partial charge is 0.379 e. The molecule has 2 rings (SSSR count). The molecular weight excluding hydrogens is 479 g/mol. The monoisotopic (exact) mass is 520 g/mol. The second-order valence-electron chi connectivity index (χ2n) is 7.73. The molecule has 1 aromatic heterocycles. The van der Waals surface area contributed by atoms with Gasteiger partial charge < -0.3 is 15.4 Å². The van der Waals surface area contributed by atoms with Gasteiger partial charge in [0.15, 0.2) is 5.96 Å². The molecule has 168 valence electrons. The van der Waals surface area contributed by atoms with Crippen LogP contribution < -0.4 is 10.6 Å². The van der Waals surface area contributed by atoms with E-state index in [2.05, 4.69) is 48.3 Å². The lowest BCUT2D eigenvalue weighted by Gasteiger charge is -2.39. The molecule has 0 radical (unpaired) electrons. The second-order valence-corrected chi connectivity index (χ2v) is 7.73. The van der Waals surface area contributed by atoms with Crippen LogP contribution in [-0.4, -0.2) is 72.6 Å². The van der Waals surface area contributed by atoms with Crippen LogP contribution in [0.1, 0.15) is 40.5 Å². The first kappa shape index (κ1) is 26.2. The fraction of sp³-hybridized carbons (Fsp3) is 0.810. The van der Waals surface area contributed by atoms with Gasteiger partial charge in [-0.15, -0.1) is 24.0 Å². The molecule has 1 saturated heterocycles. The van der Waals surface area contributed by atoms with Gasteiger partial charge in [-0.05, 0) is 24.8 Å². The number of morpholine rings is 1. The van der Waals surface area contributed by atoms with Crippen LogP contribution in [0, 0.1) is 11.8 Å². The topological polar surface area (TPSA) is 66.7 Å². The van der Waals surface area contributed by atoms with E-state index in [0.29, 0.717) is 17.9 Å². The summed E-state index contributed by atoms with van der Waals surface area (Å²) in [5.74, 6) is 2.04. The van der Waals surface area contributed by atoms with Crippen molar-refractivity contribution in [2.75, 3.05) is 45.9 Å². The quantitative estimate of drug-likeness (QED) is 0.267. The molecule has 0 spiro atoms. The Bertz CT molecular complexity index is 543. The summed E-state index contributed by atoms with van der Waals surface area (Å²) in [5.41, 5.74) is 0. The van der Waals surface area contributed by atoms with E-state index >= 15 is 0 Å². The predicted molar refractivity (Wildman–Crippen MR) is 131 cm³/mol. The average Bonchev–Trinajstić information content (AvgIpc) is 3.22. The molecule has 1 aliphatic rings. The van der Waals surface area contributed by atoms with E-state index in [9.17, 15) is 0 Å². The van der Waals surface area contributed by atoms with Gasteiger partial charge >= 0.3 is 0 Å². The first-order valence-corrected chi connectivity index (χ1v) is 11.0. The van der Waals surface area contributed by atoms with Crippen molar-refractivity contribution in [1.29, 1.82) is 0 Å². The summed E-state index contributed by atoms with van der Waals surface area (Å²) in [6, 6.07) is 2.48. The van der Waals surface area contributed by atoms with Crippen molar-refractivity contribution in [3.05, 3.63) is 18.5 Å². The molecule has 1 fully saturated rings. The maximum absolute atomic E-state index is 5.56. The van der Waals surface area contributed by atoms with Crippen LogP contribution in [0.25, 0.3) is 0 Å². The number of nitrogens with zero attached hydrogens (tertiary/aromatic N) is 4. The molecule has 1 aromatic rings. The van der Waals surface area contributed by atoms with Crippen molar-refractivity contribution in [2.45, 2.75) is 53.1 Å². The van der Waals surface area contributed by atoms with Crippen molar-refractivity contribution in [3.8, 4) is 0 Å². The summed E-state index contributed by atoms with van der Waals surface area (Å²) in [6.45, 7) is 16.1. The van der Waals surface area contributed by atoms with Crippen molar-refractivity contribution < 1.29 is 4.74 Å². The number of ether oxygens (including phenoxy) is 1.